The predicted molar refractivity (Wildman–Crippen MR) is 125 cm³/mol. The summed E-state index contributed by atoms with van der Waals surface area (Å²) in [7, 11) is 1.60. The fourth-order valence-corrected chi connectivity index (χ4v) is 3.44. The van der Waals surface area contributed by atoms with Crippen LogP contribution in [0.4, 0.5) is 5.82 Å². The lowest BCUT2D eigenvalue weighted by Gasteiger charge is -2.11. The van der Waals surface area contributed by atoms with E-state index in [-0.39, 0.29) is 5.91 Å². The van der Waals surface area contributed by atoms with Gasteiger partial charge < -0.3 is 14.8 Å². The first-order valence-corrected chi connectivity index (χ1v) is 10.4. The van der Waals surface area contributed by atoms with Gasteiger partial charge in [-0.25, -0.2) is 0 Å². The van der Waals surface area contributed by atoms with Crippen molar-refractivity contribution >= 4 is 23.3 Å². The largest absolute Gasteiger partial charge is 0.493 e. The molecule has 0 fully saturated rings. The SMILES string of the molecule is COc1ccccc1OCc1cccc(C(=O)Nc2ccn(Cc3cccc(Cl)c3)n2)c1. The number of nitrogens with zero attached hydrogens (tertiary/aromatic N) is 2. The van der Waals surface area contributed by atoms with Gasteiger partial charge in [-0.15, -0.1) is 0 Å². The molecule has 0 aliphatic rings. The highest BCUT2D eigenvalue weighted by atomic mass is 35.5. The molecule has 0 saturated heterocycles. The summed E-state index contributed by atoms with van der Waals surface area (Å²) < 4.78 is 12.9. The molecule has 3 aromatic carbocycles. The van der Waals surface area contributed by atoms with Crippen LogP contribution in [-0.4, -0.2) is 22.8 Å². The third kappa shape index (κ3) is 5.47. The number of methoxy groups -OCH3 is 1. The molecule has 1 heterocycles. The molecule has 1 aromatic heterocycles. The first-order valence-electron chi connectivity index (χ1n) is 10.0. The standard InChI is InChI=1S/C25H22ClN3O3/c1-31-22-10-2-3-11-23(22)32-17-19-7-4-8-20(14-19)25(30)27-24-12-13-29(28-24)16-18-6-5-9-21(26)15-18/h2-15H,16-17H2,1H3,(H,27,28,30). The van der Waals surface area contributed by atoms with Crippen molar-refractivity contribution in [1.82, 2.24) is 9.78 Å². The Morgan fingerprint density at radius 2 is 1.75 bits per heavy atom. The summed E-state index contributed by atoms with van der Waals surface area (Å²) in [6.07, 6.45) is 1.81. The lowest BCUT2D eigenvalue weighted by molar-refractivity contribution is 0.102. The number of carbonyl (C=O) groups is 1. The van der Waals surface area contributed by atoms with E-state index < -0.39 is 0 Å². The number of hydrogen-bond donors (Lipinski definition) is 1. The molecule has 0 saturated carbocycles. The first kappa shape index (κ1) is 21.5. The molecule has 1 N–H and O–H groups in total. The van der Waals surface area contributed by atoms with Gasteiger partial charge in [-0.05, 0) is 47.5 Å². The average Bonchev–Trinajstić information content (AvgIpc) is 3.24. The number of ether oxygens (including phenoxy) is 2. The normalized spacial score (nSPS) is 10.6. The van der Waals surface area contributed by atoms with Gasteiger partial charge in [0.1, 0.15) is 6.61 Å². The molecule has 32 heavy (non-hydrogen) atoms. The van der Waals surface area contributed by atoms with E-state index in [0.717, 1.165) is 11.1 Å². The Kier molecular flexibility index (Phi) is 6.72. The van der Waals surface area contributed by atoms with E-state index >= 15 is 0 Å². The molecule has 6 nitrogen and oxygen atoms in total. The molecule has 0 aliphatic carbocycles. The summed E-state index contributed by atoms with van der Waals surface area (Å²) in [4.78, 5) is 12.7. The molecule has 4 aromatic rings. The van der Waals surface area contributed by atoms with E-state index in [2.05, 4.69) is 10.4 Å². The zero-order valence-corrected chi connectivity index (χ0v) is 18.3. The van der Waals surface area contributed by atoms with E-state index in [1.165, 1.54) is 0 Å². The Labute approximate surface area is 191 Å². The number of hydrogen-bond acceptors (Lipinski definition) is 4. The maximum Gasteiger partial charge on any atom is 0.256 e. The maximum absolute atomic E-state index is 12.7. The Morgan fingerprint density at radius 1 is 0.969 bits per heavy atom. The number of nitrogens with one attached hydrogen (secondary N) is 1. The van der Waals surface area contributed by atoms with Crippen LogP contribution < -0.4 is 14.8 Å². The molecule has 4 rings (SSSR count). The monoisotopic (exact) mass is 447 g/mol. The van der Waals surface area contributed by atoms with Gasteiger partial charge in [-0.2, -0.15) is 5.10 Å². The molecule has 1 amide bonds. The van der Waals surface area contributed by atoms with Crippen molar-refractivity contribution < 1.29 is 14.3 Å². The minimum atomic E-state index is -0.239. The summed E-state index contributed by atoms with van der Waals surface area (Å²) >= 11 is 6.04. The highest BCUT2D eigenvalue weighted by Crippen LogP contribution is 2.26. The maximum atomic E-state index is 12.7. The number of rotatable bonds is 8. The summed E-state index contributed by atoms with van der Waals surface area (Å²) in [5, 5.41) is 7.94. The number of anilines is 1. The summed E-state index contributed by atoms with van der Waals surface area (Å²) in [6, 6.07) is 24.1. The highest BCUT2D eigenvalue weighted by molar-refractivity contribution is 6.30. The van der Waals surface area contributed by atoms with Crippen LogP contribution in [0.3, 0.4) is 0 Å². The van der Waals surface area contributed by atoms with E-state index in [1.54, 1.807) is 30.0 Å². The van der Waals surface area contributed by atoms with Crippen LogP contribution in [0, 0.1) is 0 Å². The molecule has 0 bridgehead atoms. The van der Waals surface area contributed by atoms with Gasteiger partial charge >= 0.3 is 0 Å². The quantitative estimate of drug-likeness (QED) is 0.391. The highest BCUT2D eigenvalue weighted by Gasteiger charge is 2.10. The average molecular weight is 448 g/mol. The Hall–Kier alpha value is -3.77. The van der Waals surface area contributed by atoms with E-state index in [4.69, 9.17) is 21.1 Å². The van der Waals surface area contributed by atoms with Crippen LogP contribution in [0.15, 0.2) is 85.1 Å². The summed E-state index contributed by atoms with van der Waals surface area (Å²) in [5.41, 5.74) is 2.42. The van der Waals surface area contributed by atoms with Crippen molar-refractivity contribution in [3.8, 4) is 11.5 Å². The molecule has 0 radical (unpaired) electrons. The number of benzene rings is 3. The van der Waals surface area contributed by atoms with E-state index in [9.17, 15) is 4.79 Å². The third-order valence-corrected chi connectivity index (χ3v) is 5.00. The van der Waals surface area contributed by atoms with Gasteiger partial charge in [0, 0.05) is 22.8 Å². The Balaban J connectivity index is 1.38. The lowest BCUT2D eigenvalue weighted by atomic mass is 10.1. The van der Waals surface area contributed by atoms with Crippen molar-refractivity contribution in [3.05, 3.63) is 107 Å². The number of halogens is 1. The topological polar surface area (TPSA) is 65.4 Å². The molecule has 162 valence electrons. The fraction of sp³-hybridized carbons (Fsp3) is 0.120. The van der Waals surface area contributed by atoms with Gasteiger partial charge in [-0.3, -0.25) is 9.48 Å². The number of amides is 1. The zero-order valence-electron chi connectivity index (χ0n) is 17.5. The van der Waals surface area contributed by atoms with Crippen LogP contribution >= 0.6 is 11.6 Å². The van der Waals surface area contributed by atoms with Crippen molar-refractivity contribution in [2.45, 2.75) is 13.2 Å². The Morgan fingerprint density at radius 3 is 2.56 bits per heavy atom. The van der Waals surface area contributed by atoms with Gasteiger partial charge in [-0.1, -0.05) is 48.0 Å². The van der Waals surface area contributed by atoms with Crippen molar-refractivity contribution in [3.63, 3.8) is 0 Å². The smallest absolute Gasteiger partial charge is 0.256 e. The van der Waals surface area contributed by atoms with E-state index in [1.807, 2.05) is 66.9 Å². The predicted octanol–water partition coefficient (Wildman–Crippen LogP) is 5.42. The molecular formula is C25H22ClN3O3. The molecular weight excluding hydrogens is 426 g/mol. The number of aromatic nitrogens is 2. The van der Waals surface area contributed by atoms with Crippen LogP contribution in [0.1, 0.15) is 21.5 Å². The summed E-state index contributed by atoms with van der Waals surface area (Å²) in [6.45, 7) is 0.877. The first-order chi connectivity index (χ1) is 15.6. The van der Waals surface area contributed by atoms with Crippen molar-refractivity contribution in [2.75, 3.05) is 12.4 Å². The minimum absolute atomic E-state index is 0.239. The van der Waals surface area contributed by atoms with Gasteiger partial charge in [0.25, 0.3) is 5.91 Å². The lowest BCUT2D eigenvalue weighted by Crippen LogP contribution is -2.13. The second-order valence-corrected chi connectivity index (χ2v) is 7.56. The zero-order chi connectivity index (χ0) is 22.3. The number of carbonyl (C=O) groups excluding carboxylic acids is 1. The molecule has 0 spiro atoms. The number of para-hydroxylation sites is 2. The van der Waals surface area contributed by atoms with Crippen LogP contribution in [0.5, 0.6) is 11.5 Å². The van der Waals surface area contributed by atoms with Gasteiger partial charge in [0.15, 0.2) is 17.3 Å². The van der Waals surface area contributed by atoms with Crippen molar-refractivity contribution in [2.24, 2.45) is 0 Å². The van der Waals surface area contributed by atoms with Crippen LogP contribution in [0.2, 0.25) is 5.02 Å². The fourth-order valence-electron chi connectivity index (χ4n) is 3.23. The second-order valence-electron chi connectivity index (χ2n) is 7.12. The summed E-state index contributed by atoms with van der Waals surface area (Å²) in [5.74, 6) is 1.55. The molecule has 0 unspecified atom stereocenters. The molecule has 7 heteroatoms. The third-order valence-electron chi connectivity index (χ3n) is 4.77. The van der Waals surface area contributed by atoms with Crippen LogP contribution in [0.25, 0.3) is 0 Å². The van der Waals surface area contributed by atoms with Gasteiger partial charge in [0.05, 0.1) is 13.7 Å². The van der Waals surface area contributed by atoms with Crippen LogP contribution in [-0.2, 0) is 13.2 Å². The Bertz CT molecular complexity index is 1220. The van der Waals surface area contributed by atoms with Gasteiger partial charge in [0.2, 0.25) is 0 Å². The minimum Gasteiger partial charge on any atom is -0.493 e. The van der Waals surface area contributed by atoms with E-state index in [0.29, 0.717) is 41.1 Å². The second kappa shape index (κ2) is 10.0. The molecule has 0 atom stereocenters. The molecule has 0 aliphatic heterocycles. The van der Waals surface area contributed by atoms with Crippen molar-refractivity contribution in [1.29, 1.82) is 0 Å².